The summed E-state index contributed by atoms with van der Waals surface area (Å²) in [5, 5.41) is 14.3. The molecule has 0 radical (unpaired) electrons. The number of morpholine rings is 1. The molecule has 4 rings (SSSR count). The van der Waals surface area contributed by atoms with Gasteiger partial charge in [0.15, 0.2) is 0 Å². The fraction of sp³-hybridized carbons (Fsp3) is 0.364. The maximum Gasteiger partial charge on any atom is 0.251 e. The zero-order valence-corrected chi connectivity index (χ0v) is 17.6. The zero-order chi connectivity index (χ0) is 21.8. The van der Waals surface area contributed by atoms with Gasteiger partial charge in [0, 0.05) is 36.8 Å². The standard InChI is InChI=1S/C22H25FN6O2/c1-15-3-4-20(21(23)9-15)17-10-18(12-19(11-17)29-14-24-26-27-29)22(30)25-16(2)13-28-5-7-31-8-6-28/h3-4,9-12,14,16H,5-8,13H2,1-2H3,(H,25,30). The minimum absolute atomic E-state index is 0.0538. The average Bonchev–Trinajstić information content (AvgIpc) is 3.29. The number of nitrogens with zero attached hydrogens (tertiary/aromatic N) is 5. The number of halogens is 1. The van der Waals surface area contributed by atoms with E-state index in [0.29, 0.717) is 35.6 Å². The number of hydrogen-bond acceptors (Lipinski definition) is 6. The summed E-state index contributed by atoms with van der Waals surface area (Å²) in [5.41, 5.74) is 2.81. The molecule has 1 N–H and O–H groups in total. The van der Waals surface area contributed by atoms with Gasteiger partial charge in [-0.2, -0.15) is 0 Å². The molecular formula is C22H25FN6O2. The van der Waals surface area contributed by atoms with Gasteiger partial charge in [-0.05, 0) is 59.7 Å². The monoisotopic (exact) mass is 424 g/mol. The maximum absolute atomic E-state index is 14.7. The van der Waals surface area contributed by atoms with E-state index < -0.39 is 0 Å². The summed E-state index contributed by atoms with van der Waals surface area (Å²) in [6.07, 6.45) is 1.44. The zero-order valence-electron chi connectivity index (χ0n) is 17.6. The third-order valence-electron chi connectivity index (χ3n) is 5.24. The Kier molecular flexibility index (Phi) is 6.34. The van der Waals surface area contributed by atoms with E-state index in [1.54, 1.807) is 24.3 Å². The topological polar surface area (TPSA) is 85.2 Å². The molecule has 0 bridgehead atoms. The molecule has 3 aromatic rings. The summed E-state index contributed by atoms with van der Waals surface area (Å²) >= 11 is 0. The van der Waals surface area contributed by atoms with E-state index in [4.69, 9.17) is 4.74 Å². The molecule has 2 aromatic carbocycles. The van der Waals surface area contributed by atoms with E-state index >= 15 is 0 Å². The fourth-order valence-corrected chi connectivity index (χ4v) is 3.69. The van der Waals surface area contributed by atoms with Crippen molar-refractivity contribution in [1.82, 2.24) is 30.4 Å². The van der Waals surface area contributed by atoms with Crippen molar-refractivity contribution in [2.45, 2.75) is 19.9 Å². The third kappa shape index (κ3) is 5.12. The molecule has 1 amide bonds. The van der Waals surface area contributed by atoms with Crippen molar-refractivity contribution in [1.29, 1.82) is 0 Å². The number of aryl methyl sites for hydroxylation is 1. The van der Waals surface area contributed by atoms with Crippen molar-refractivity contribution < 1.29 is 13.9 Å². The lowest BCUT2D eigenvalue weighted by Gasteiger charge is -2.29. The van der Waals surface area contributed by atoms with E-state index in [0.717, 1.165) is 25.2 Å². The fourth-order valence-electron chi connectivity index (χ4n) is 3.69. The molecule has 1 aliphatic rings. The summed E-state index contributed by atoms with van der Waals surface area (Å²) in [5.74, 6) is -0.578. The van der Waals surface area contributed by atoms with Crippen LogP contribution in [0.25, 0.3) is 16.8 Å². The maximum atomic E-state index is 14.7. The predicted molar refractivity (Wildman–Crippen MR) is 113 cm³/mol. The Hall–Kier alpha value is -3.17. The summed E-state index contributed by atoms with van der Waals surface area (Å²) in [6.45, 7) is 7.66. The highest BCUT2D eigenvalue weighted by Gasteiger charge is 2.18. The third-order valence-corrected chi connectivity index (χ3v) is 5.24. The van der Waals surface area contributed by atoms with Crippen LogP contribution >= 0.6 is 0 Å². The number of amides is 1. The molecule has 31 heavy (non-hydrogen) atoms. The molecule has 0 aliphatic carbocycles. The van der Waals surface area contributed by atoms with Crippen molar-refractivity contribution in [3.63, 3.8) is 0 Å². The largest absolute Gasteiger partial charge is 0.379 e. The van der Waals surface area contributed by atoms with Crippen LogP contribution in [0.3, 0.4) is 0 Å². The van der Waals surface area contributed by atoms with Crippen LogP contribution in [0, 0.1) is 12.7 Å². The van der Waals surface area contributed by atoms with Crippen molar-refractivity contribution in [3.05, 3.63) is 59.7 Å². The molecule has 2 heterocycles. The lowest BCUT2D eigenvalue weighted by molar-refractivity contribution is 0.0342. The molecule has 1 saturated heterocycles. The normalized spacial score (nSPS) is 15.6. The first kappa shape index (κ1) is 21.1. The number of ether oxygens (including phenoxy) is 1. The van der Waals surface area contributed by atoms with Crippen LogP contribution in [0.1, 0.15) is 22.8 Å². The average molecular weight is 424 g/mol. The van der Waals surface area contributed by atoms with Crippen molar-refractivity contribution in [2.24, 2.45) is 0 Å². The number of nitrogens with one attached hydrogen (secondary N) is 1. The van der Waals surface area contributed by atoms with Gasteiger partial charge in [0.05, 0.1) is 18.9 Å². The number of carbonyl (C=O) groups is 1. The number of rotatable bonds is 6. The summed E-state index contributed by atoms with van der Waals surface area (Å²) < 4.78 is 21.5. The van der Waals surface area contributed by atoms with Crippen molar-refractivity contribution >= 4 is 5.91 Å². The van der Waals surface area contributed by atoms with Gasteiger partial charge < -0.3 is 10.1 Å². The molecular weight excluding hydrogens is 399 g/mol. The van der Waals surface area contributed by atoms with E-state index in [1.807, 2.05) is 19.9 Å². The van der Waals surface area contributed by atoms with Gasteiger partial charge in [-0.1, -0.05) is 12.1 Å². The Morgan fingerprint density at radius 2 is 2.03 bits per heavy atom. The number of benzene rings is 2. The first-order valence-corrected chi connectivity index (χ1v) is 10.3. The van der Waals surface area contributed by atoms with Gasteiger partial charge in [-0.25, -0.2) is 9.07 Å². The Labute approximate surface area is 180 Å². The van der Waals surface area contributed by atoms with Crippen molar-refractivity contribution in [3.8, 4) is 16.8 Å². The second-order valence-corrected chi connectivity index (χ2v) is 7.79. The van der Waals surface area contributed by atoms with Crippen LogP contribution in [0.4, 0.5) is 4.39 Å². The lowest BCUT2D eigenvalue weighted by Crippen LogP contribution is -2.46. The molecule has 162 valence electrons. The molecule has 1 aliphatic heterocycles. The van der Waals surface area contributed by atoms with E-state index in [-0.39, 0.29) is 17.8 Å². The molecule has 1 unspecified atom stereocenters. The van der Waals surface area contributed by atoms with Gasteiger partial charge in [0.25, 0.3) is 5.91 Å². The molecule has 0 saturated carbocycles. The quantitative estimate of drug-likeness (QED) is 0.653. The highest BCUT2D eigenvalue weighted by atomic mass is 19.1. The van der Waals surface area contributed by atoms with Crippen LogP contribution in [0.2, 0.25) is 0 Å². The van der Waals surface area contributed by atoms with Gasteiger partial charge in [0.1, 0.15) is 12.1 Å². The van der Waals surface area contributed by atoms with Crippen LogP contribution in [-0.4, -0.2) is 69.9 Å². The van der Waals surface area contributed by atoms with Gasteiger partial charge in [-0.3, -0.25) is 9.69 Å². The first-order chi connectivity index (χ1) is 15.0. The predicted octanol–water partition coefficient (Wildman–Crippen LogP) is 2.23. The van der Waals surface area contributed by atoms with Crippen LogP contribution in [0.5, 0.6) is 0 Å². The summed E-state index contributed by atoms with van der Waals surface area (Å²) in [4.78, 5) is 15.3. The molecule has 8 nitrogen and oxygen atoms in total. The van der Waals surface area contributed by atoms with Gasteiger partial charge >= 0.3 is 0 Å². The molecule has 9 heteroatoms. The minimum Gasteiger partial charge on any atom is -0.379 e. The van der Waals surface area contributed by atoms with E-state index in [1.165, 1.54) is 17.1 Å². The molecule has 1 aromatic heterocycles. The Balaban J connectivity index is 1.61. The summed E-state index contributed by atoms with van der Waals surface area (Å²) in [6, 6.07) is 10.1. The van der Waals surface area contributed by atoms with E-state index in [2.05, 4.69) is 25.7 Å². The molecule has 1 atom stereocenters. The number of aromatic nitrogens is 4. The Morgan fingerprint density at radius 3 is 2.74 bits per heavy atom. The highest BCUT2D eigenvalue weighted by molar-refractivity contribution is 5.96. The Morgan fingerprint density at radius 1 is 1.23 bits per heavy atom. The van der Waals surface area contributed by atoms with Crippen LogP contribution < -0.4 is 5.32 Å². The Bertz CT molecular complexity index is 1050. The SMILES string of the molecule is Cc1ccc(-c2cc(C(=O)NC(C)CN3CCOCC3)cc(-n3cnnn3)c2)c(F)c1. The summed E-state index contributed by atoms with van der Waals surface area (Å²) in [7, 11) is 0. The van der Waals surface area contributed by atoms with Gasteiger partial charge in [0.2, 0.25) is 0 Å². The number of carbonyl (C=O) groups excluding carboxylic acids is 1. The molecule has 1 fully saturated rings. The lowest BCUT2D eigenvalue weighted by atomic mass is 10.00. The smallest absolute Gasteiger partial charge is 0.251 e. The van der Waals surface area contributed by atoms with Crippen molar-refractivity contribution in [2.75, 3.05) is 32.8 Å². The second-order valence-electron chi connectivity index (χ2n) is 7.79. The highest BCUT2D eigenvalue weighted by Crippen LogP contribution is 2.27. The minimum atomic E-state index is -0.346. The second kappa shape index (κ2) is 9.32. The number of hydrogen-bond donors (Lipinski definition) is 1. The van der Waals surface area contributed by atoms with Gasteiger partial charge in [-0.15, -0.1) is 5.10 Å². The first-order valence-electron chi connectivity index (χ1n) is 10.3. The number of tetrazole rings is 1. The van der Waals surface area contributed by atoms with E-state index in [9.17, 15) is 9.18 Å². The van der Waals surface area contributed by atoms with Crippen LogP contribution in [-0.2, 0) is 4.74 Å². The van der Waals surface area contributed by atoms with Crippen LogP contribution in [0.15, 0.2) is 42.7 Å². The molecule has 0 spiro atoms.